The number of nitrogens with zero attached hydrogens (tertiary/aromatic N) is 1. The molecule has 0 bridgehead atoms. The monoisotopic (exact) mass is 459 g/mol. The molecule has 0 aliphatic rings. The van der Waals surface area contributed by atoms with Gasteiger partial charge in [-0.25, -0.2) is 14.4 Å². The molecule has 0 unspecified atom stereocenters. The Labute approximate surface area is 191 Å². The zero-order chi connectivity index (χ0) is 25.3. The molecule has 0 aliphatic carbocycles. The Kier molecular flexibility index (Phi) is 11.7. The molecule has 32 heavy (non-hydrogen) atoms. The van der Waals surface area contributed by atoms with Crippen molar-refractivity contribution < 1.29 is 33.8 Å². The normalized spacial score (nSPS) is 13.8. The number of carbonyl (C=O) groups is 4. The Morgan fingerprint density at radius 1 is 0.938 bits per heavy atom. The molecule has 3 amide bonds. The zero-order valence-corrected chi connectivity index (χ0v) is 20.7. The van der Waals surface area contributed by atoms with Gasteiger partial charge in [0.15, 0.2) is 0 Å². The second-order valence-corrected chi connectivity index (χ2v) is 10.2. The van der Waals surface area contributed by atoms with E-state index in [1.165, 1.54) is 0 Å². The van der Waals surface area contributed by atoms with Crippen molar-refractivity contribution >= 4 is 24.1 Å². The fraction of sp³-hybridized carbons (Fsp3) is 0.818. The maximum Gasteiger partial charge on any atom is 0.420 e. The smallest absolute Gasteiger partial charge is 0.420 e. The molecule has 4 N–H and O–H groups in total. The van der Waals surface area contributed by atoms with E-state index in [4.69, 9.17) is 15.2 Å². The number of amides is 3. The van der Waals surface area contributed by atoms with Gasteiger partial charge < -0.3 is 25.6 Å². The molecule has 0 rings (SSSR count). The summed E-state index contributed by atoms with van der Waals surface area (Å²) in [7, 11) is 0. The number of nitrogens with two attached hydrogens (primary N) is 1. The van der Waals surface area contributed by atoms with Gasteiger partial charge in [0, 0.05) is 0 Å². The van der Waals surface area contributed by atoms with E-state index in [2.05, 4.69) is 5.32 Å². The van der Waals surface area contributed by atoms with Crippen LogP contribution in [0, 0.1) is 5.92 Å². The molecule has 186 valence electrons. The minimum atomic E-state index is -1.32. The molecule has 0 fully saturated rings. The molecular weight excluding hydrogens is 418 g/mol. The van der Waals surface area contributed by atoms with Crippen molar-refractivity contribution in [1.82, 2.24) is 10.2 Å². The van der Waals surface area contributed by atoms with E-state index in [1.54, 1.807) is 41.5 Å². The SMILES string of the molecule is CC(C)C[C@H](NC(=O)[C@H](CCCCN)N(C(=O)OC(C)(C)C)C(=O)OC(C)(C)C)C(=O)O. The summed E-state index contributed by atoms with van der Waals surface area (Å²) in [6.07, 6.45) is -0.844. The van der Waals surface area contributed by atoms with Crippen molar-refractivity contribution in [3.63, 3.8) is 0 Å². The van der Waals surface area contributed by atoms with Crippen LogP contribution in [0.2, 0.25) is 0 Å². The quantitative estimate of drug-likeness (QED) is 0.422. The Bertz CT molecular complexity index is 623. The van der Waals surface area contributed by atoms with Gasteiger partial charge in [0.05, 0.1) is 0 Å². The Morgan fingerprint density at radius 2 is 1.41 bits per heavy atom. The number of nitrogens with one attached hydrogen (secondary N) is 1. The maximum absolute atomic E-state index is 13.2. The van der Waals surface area contributed by atoms with Crippen LogP contribution in [-0.2, 0) is 19.1 Å². The first-order chi connectivity index (χ1) is 14.5. The van der Waals surface area contributed by atoms with Gasteiger partial charge in [0.1, 0.15) is 23.3 Å². The van der Waals surface area contributed by atoms with Crippen molar-refractivity contribution in [2.45, 2.75) is 104 Å². The number of ether oxygens (including phenoxy) is 2. The maximum atomic E-state index is 13.2. The predicted octanol–water partition coefficient (Wildman–Crippen LogP) is 3.27. The molecule has 0 radical (unpaired) electrons. The van der Waals surface area contributed by atoms with Crippen LogP contribution < -0.4 is 11.1 Å². The first-order valence-corrected chi connectivity index (χ1v) is 11.0. The number of carbonyl (C=O) groups excluding carboxylic acids is 3. The topological polar surface area (TPSA) is 148 Å². The molecule has 10 nitrogen and oxygen atoms in total. The number of hydrogen-bond donors (Lipinski definition) is 3. The second kappa shape index (κ2) is 12.6. The highest BCUT2D eigenvalue weighted by Crippen LogP contribution is 2.20. The van der Waals surface area contributed by atoms with Crippen LogP contribution in [0.1, 0.15) is 81.1 Å². The van der Waals surface area contributed by atoms with Gasteiger partial charge in [0.2, 0.25) is 5.91 Å². The van der Waals surface area contributed by atoms with Crippen LogP contribution >= 0.6 is 0 Å². The van der Waals surface area contributed by atoms with Gasteiger partial charge in [-0.1, -0.05) is 13.8 Å². The van der Waals surface area contributed by atoms with E-state index >= 15 is 0 Å². The Morgan fingerprint density at radius 3 is 1.75 bits per heavy atom. The van der Waals surface area contributed by atoms with Crippen LogP contribution in [0.25, 0.3) is 0 Å². The van der Waals surface area contributed by atoms with Crippen molar-refractivity contribution in [3.8, 4) is 0 Å². The number of hydrogen-bond acceptors (Lipinski definition) is 7. The molecular formula is C22H41N3O7. The number of rotatable bonds is 10. The lowest BCUT2D eigenvalue weighted by molar-refractivity contribution is -0.143. The van der Waals surface area contributed by atoms with Gasteiger partial charge >= 0.3 is 18.2 Å². The number of carboxylic acids is 1. The summed E-state index contributed by atoms with van der Waals surface area (Å²) in [5.41, 5.74) is 3.69. The predicted molar refractivity (Wildman–Crippen MR) is 120 cm³/mol. The second-order valence-electron chi connectivity index (χ2n) is 10.2. The molecule has 0 aromatic rings. The van der Waals surface area contributed by atoms with E-state index in [-0.39, 0.29) is 18.8 Å². The van der Waals surface area contributed by atoms with Gasteiger partial charge in [0.25, 0.3) is 0 Å². The first kappa shape index (κ1) is 29.6. The van der Waals surface area contributed by atoms with Crippen LogP contribution in [-0.4, -0.2) is 63.9 Å². The average molecular weight is 460 g/mol. The van der Waals surface area contributed by atoms with E-state index in [9.17, 15) is 24.3 Å². The summed E-state index contributed by atoms with van der Waals surface area (Å²) in [5.74, 6) is -1.97. The summed E-state index contributed by atoms with van der Waals surface area (Å²) >= 11 is 0. The summed E-state index contributed by atoms with van der Waals surface area (Å²) in [4.78, 5) is 51.3. The van der Waals surface area contributed by atoms with Crippen LogP contribution in [0.15, 0.2) is 0 Å². The zero-order valence-electron chi connectivity index (χ0n) is 20.7. The molecule has 10 heteroatoms. The molecule has 0 aromatic heterocycles. The highest BCUT2D eigenvalue weighted by molar-refractivity contribution is 5.96. The van der Waals surface area contributed by atoms with Gasteiger partial charge in [-0.2, -0.15) is 4.90 Å². The van der Waals surface area contributed by atoms with E-state index in [0.29, 0.717) is 24.3 Å². The van der Waals surface area contributed by atoms with E-state index < -0.39 is 47.3 Å². The molecule has 0 aromatic carbocycles. The molecule has 0 spiro atoms. The highest BCUT2D eigenvalue weighted by Gasteiger charge is 2.41. The van der Waals surface area contributed by atoms with Crippen molar-refractivity contribution in [1.29, 1.82) is 0 Å². The van der Waals surface area contributed by atoms with Gasteiger partial charge in [-0.3, -0.25) is 4.79 Å². The summed E-state index contributed by atoms with van der Waals surface area (Å²) in [6.45, 7) is 13.8. The molecule has 0 aliphatic heterocycles. The minimum Gasteiger partial charge on any atom is -0.480 e. The largest absolute Gasteiger partial charge is 0.480 e. The lowest BCUT2D eigenvalue weighted by Gasteiger charge is -2.33. The Balaban J connectivity index is 6.10. The van der Waals surface area contributed by atoms with Gasteiger partial charge in [-0.05, 0) is 79.7 Å². The molecule has 0 heterocycles. The van der Waals surface area contributed by atoms with Crippen LogP contribution in [0.4, 0.5) is 9.59 Å². The van der Waals surface area contributed by atoms with E-state index in [0.717, 1.165) is 0 Å². The number of carboxylic acid groups (broad SMARTS) is 1. The Hall–Kier alpha value is -2.36. The van der Waals surface area contributed by atoms with Crippen molar-refractivity contribution in [2.75, 3.05) is 6.54 Å². The summed E-state index contributed by atoms with van der Waals surface area (Å²) in [6, 6.07) is -2.49. The van der Waals surface area contributed by atoms with E-state index in [1.807, 2.05) is 13.8 Å². The lowest BCUT2D eigenvalue weighted by Crippen LogP contribution is -2.57. The molecule has 2 atom stereocenters. The van der Waals surface area contributed by atoms with Gasteiger partial charge in [-0.15, -0.1) is 0 Å². The number of imide groups is 1. The van der Waals surface area contributed by atoms with Crippen LogP contribution in [0.3, 0.4) is 0 Å². The first-order valence-electron chi connectivity index (χ1n) is 11.0. The fourth-order valence-corrected chi connectivity index (χ4v) is 2.77. The molecule has 0 saturated heterocycles. The van der Waals surface area contributed by atoms with Crippen LogP contribution in [0.5, 0.6) is 0 Å². The number of unbranched alkanes of at least 4 members (excludes halogenated alkanes) is 1. The third-order valence-electron chi connectivity index (χ3n) is 4.05. The molecule has 0 saturated carbocycles. The third kappa shape index (κ3) is 11.9. The summed E-state index contributed by atoms with van der Waals surface area (Å²) < 4.78 is 10.7. The van der Waals surface area contributed by atoms with Crippen molar-refractivity contribution in [3.05, 3.63) is 0 Å². The number of aliphatic carboxylic acids is 1. The fourth-order valence-electron chi connectivity index (χ4n) is 2.77. The average Bonchev–Trinajstić information content (AvgIpc) is 2.56. The highest BCUT2D eigenvalue weighted by atomic mass is 16.6. The minimum absolute atomic E-state index is 0.0000880. The lowest BCUT2D eigenvalue weighted by atomic mass is 10.0. The summed E-state index contributed by atoms with van der Waals surface area (Å²) in [5, 5.41) is 12.0. The standard InChI is InChI=1S/C22H41N3O7/c1-14(2)13-15(18(27)28)24-17(26)16(11-9-10-12-23)25(19(29)31-21(3,4)5)20(30)32-22(6,7)8/h14-16H,9-13,23H2,1-8H3,(H,24,26)(H,27,28)/t15-,16-/m0/s1. The third-order valence-corrected chi connectivity index (χ3v) is 4.05. The van der Waals surface area contributed by atoms with Crippen molar-refractivity contribution in [2.24, 2.45) is 11.7 Å².